The summed E-state index contributed by atoms with van der Waals surface area (Å²) in [5.74, 6) is -0.839. The maximum absolute atomic E-state index is 12.6. The number of carbonyl (C=O) groups is 2. The summed E-state index contributed by atoms with van der Waals surface area (Å²) < 4.78 is 16.6. The summed E-state index contributed by atoms with van der Waals surface area (Å²) in [6.45, 7) is 4.92. The van der Waals surface area contributed by atoms with Gasteiger partial charge >= 0.3 is 6.09 Å². The number of nitrogens with zero attached hydrogens (tertiary/aromatic N) is 3. The first-order valence-corrected chi connectivity index (χ1v) is 11.6. The molecule has 174 valence electrons. The molecule has 33 heavy (non-hydrogen) atoms. The Bertz CT molecular complexity index is 1060. The van der Waals surface area contributed by atoms with E-state index >= 15 is 0 Å². The lowest BCUT2D eigenvalue weighted by molar-refractivity contribution is -0.143. The number of thiophene rings is 1. The molecule has 0 saturated carbocycles. The fourth-order valence-corrected chi connectivity index (χ4v) is 5.07. The molecule has 2 aliphatic rings. The van der Waals surface area contributed by atoms with Crippen LogP contribution in [0.15, 0.2) is 24.4 Å². The fourth-order valence-electron chi connectivity index (χ4n) is 3.84. The molecule has 9 nitrogen and oxygen atoms in total. The number of anilines is 1. The first kappa shape index (κ1) is 23.2. The van der Waals surface area contributed by atoms with Crippen molar-refractivity contribution in [3.63, 3.8) is 0 Å². The topological polar surface area (TPSA) is 114 Å². The summed E-state index contributed by atoms with van der Waals surface area (Å²) in [7, 11) is 0. The van der Waals surface area contributed by atoms with Gasteiger partial charge in [-0.2, -0.15) is 5.26 Å². The van der Waals surface area contributed by atoms with E-state index < -0.39 is 11.9 Å². The molecule has 1 unspecified atom stereocenters. The molecule has 1 N–H and O–H groups in total. The van der Waals surface area contributed by atoms with Gasteiger partial charge in [0.15, 0.2) is 5.79 Å². The van der Waals surface area contributed by atoms with Gasteiger partial charge in [0, 0.05) is 29.7 Å². The smallest absolute Gasteiger partial charge is 0.410 e. The van der Waals surface area contributed by atoms with E-state index in [1.807, 2.05) is 32.0 Å². The monoisotopic (exact) mass is 470 g/mol. The number of ether oxygens (including phenoxy) is 3. The van der Waals surface area contributed by atoms with Crippen molar-refractivity contribution in [2.75, 3.05) is 25.1 Å². The molecule has 0 aliphatic carbocycles. The number of hydrogen-bond acceptors (Lipinski definition) is 8. The molecular weight excluding hydrogens is 444 g/mol. The minimum absolute atomic E-state index is 0.122. The van der Waals surface area contributed by atoms with Crippen LogP contribution < -0.4 is 5.32 Å². The van der Waals surface area contributed by atoms with Crippen molar-refractivity contribution >= 4 is 28.3 Å². The number of amides is 2. The van der Waals surface area contributed by atoms with Crippen molar-refractivity contribution in [3.05, 3.63) is 46.1 Å². The Kier molecular flexibility index (Phi) is 6.93. The Morgan fingerprint density at radius 1 is 1.42 bits per heavy atom. The number of hydrogen-bond donors (Lipinski definition) is 1. The molecule has 2 aromatic heterocycles. The number of nitrogens with one attached hydrogen (secondary N) is 1. The Labute approximate surface area is 196 Å². The second kappa shape index (κ2) is 9.87. The summed E-state index contributed by atoms with van der Waals surface area (Å²) in [5.41, 5.74) is 2.21. The number of aryl methyl sites for hydroxylation is 1. The van der Waals surface area contributed by atoms with Gasteiger partial charge in [-0.05, 0) is 44.4 Å². The highest BCUT2D eigenvalue weighted by Gasteiger charge is 2.34. The SMILES string of the molecule is CC1(C)OCC(COC(=O)N2CCc3c(sc(NC(=O)CCc4ccccn4)c3C#N)C2)O1. The minimum atomic E-state index is -0.666. The van der Waals surface area contributed by atoms with Crippen molar-refractivity contribution < 1.29 is 23.8 Å². The largest absolute Gasteiger partial charge is 0.447 e. The fraction of sp³-hybridized carbons (Fsp3) is 0.478. The number of rotatable bonds is 6. The van der Waals surface area contributed by atoms with Crippen molar-refractivity contribution in [1.82, 2.24) is 9.88 Å². The van der Waals surface area contributed by atoms with Crippen LogP contribution in [0.4, 0.5) is 9.80 Å². The number of pyridine rings is 1. The summed E-state index contributed by atoms with van der Waals surface area (Å²) in [5, 5.41) is 13.1. The molecular formula is C23H26N4O5S. The second-order valence-corrected chi connectivity index (χ2v) is 9.49. The predicted molar refractivity (Wildman–Crippen MR) is 121 cm³/mol. The Hall–Kier alpha value is -3.00. The maximum atomic E-state index is 12.6. The van der Waals surface area contributed by atoms with Crippen LogP contribution in [0.25, 0.3) is 0 Å². The number of fused-ring (bicyclic) bond motifs is 1. The van der Waals surface area contributed by atoms with Crippen LogP contribution in [0.2, 0.25) is 0 Å². The zero-order valence-electron chi connectivity index (χ0n) is 18.6. The number of aromatic nitrogens is 1. The van der Waals surface area contributed by atoms with Crippen molar-refractivity contribution in [1.29, 1.82) is 5.26 Å². The highest BCUT2D eigenvalue weighted by molar-refractivity contribution is 7.16. The molecule has 2 amide bonds. The Balaban J connectivity index is 1.33. The standard InChI is InChI=1S/C23H26N4O5S/c1-23(2)31-14-16(32-23)13-30-22(29)27-10-8-17-18(11-24)21(33-19(17)12-27)26-20(28)7-6-15-5-3-4-9-25-15/h3-5,9,16H,6-8,10,12-14H2,1-2H3,(H,26,28). The molecule has 2 aliphatic heterocycles. The zero-order valence-corrected chi connectivity index (χ0v) is 19.4. The number of nitriles is 1. The average molecular weight is 471 g/mol. The summed E-state index contributed by atoms with van der Waals surface area (Å²) in [4.78, 5) is 31.7. The first-order valence-electron chi connectivity index (χ1n) is 10.8. The highest BCUT2D eigenvalue weighted by Crippen LogP contribution is 2.37. The highest BCUT2D eigenvalue weighted by atomic mass is 32.1. The van der Waals surface area contributed by atoms with E-state index in [1.54, 1.807) is 11.1 Å². The van der Waals surface area contributed by atoms with Crippen LogP contribution in [0.5, 0.6) is 0 Å². The van der Waals surface area contributed by atoms with E-state index in [0.717, 1.165) is 16.1 Å². The van der Waals surface area contributed by atoms with Gasteiger partial charge in [-0.3, -0.25) is 9.78 Å². The van der Waals surface area contributed by atoms with Gasteiger partial charge in [0.1, 0.15) is 23.8 Å². The Morgan fingerprint density at radius 3 is 2.97 bits per heavy atom. The van der Waals surface area contributed by atoms with Crippen molar-refractivity contribution in [3.8, 4) is 6.07 Å². The molecule has 4 heterocycles. The van der Waals surface area contributed by atoms with E-state index in [2.05, 4.69) is 16.4 Å². The lowest BCUT2D eigenvalue weighted by atomic mass is 10.0. The normalized spacial score (nSPS) is 18.9. The second-order valence-electron chi connectivity index (χ2n) is 8.39. The molecule has 1 atom stereocenters. The predicted octanol–water partition coefficient (Wildman–Crippen LogP) is 3.23. The van der Waals surface area contributed by atoms with Crippen LogP contribution in [0, 0.1) is 11.3 Å². The van der Waals surface area contributed by atoms with Gasteiger partial charge < -0.3 is 24.4 Å². The Morgan fingerprint density at radius 2 is 2.27 bits per heavy atom. The maximum Gasteiger partial charge on any atom is 0.410 e. The molecule has 0 radical (unpaired) electrons. The summed E-state index contributed by atoms with van der Waals surface area (Å²) in [6, 6.07) is 7.80. The third-order valence-corrected chi connectivity index (χ3v) is 6.61. The van der Waals surface area contributed by atoms with Crippen molar-refractivity contribution in [2.45, 2.75) is 51.5 Å². The summed E-state index contributed by atoms with van der Waals surface area (Å²) >= 11 is 1.34. The van der Waals surface area contributed by atoms with E-state index in [9.17, 15) is 14.9 Å². The minimum Gasteiger partial charge on any atom is -0.447 e. The van der Waals surface area contributed by atoms with Crippen LogP contribution in [-0.4, -0.2) is 53.5 Å². The molecule has 0 spiro atoms. The van der Waals surface area contributed by atoms with Gasteiger partial charge in [0.05, 0.1) is 18.7 Å². The average Bonchev–Trinajstić information content (AvgIpc) is 3.34. The van der Waals surface area contributed by atoms with E-state index in [4.69, 9.17) is 14.2 Å². The third kappa shape index (κ3) is 5.68. The molecule has 10 heteroatoms. The number of carbonyl (C=O) groups excluding carboxylic acids is 2. The lowest BCUT2D eigenvalue weighted by Gasteiger charge is -2.26. The lowest BCUT2D eigenvalue weighted by Crippen LogP contribution is -2.37. The van der Waals surface area contributed by atoms with Gasteiger partial charge in [0.25, 0.3) is 0 Å². The van der Waals surface area contributed by atoms with Gasteiger partial charge in [-0.25, -0.2) is 4.79 Å². The van der Waals surface area contributed by atoms with Crippen LogP contribution in [0.3, 0.4) is 0 Å². The van der Waals surface area contributed by atoms with Crippen LogP contribution >= 0.6 is 11.3 Å². The van der Waals surface area contributed by atoms with Gasteiger partial charge in [0.2, 0.25) is 5.91 Å². The van der Waals surface area contributed by atoms with Crippen LogP contribution in [0.1, 0.15) is 42.0 Å². The zero-order chi connectivity index (χ0) is 23.4. The first-order chi connectivity index (χ1) is 15.8. The molecule has 2 aromatic rings. The summed E-state index contributed by atoms with van der Waals surface area (Å²) in [6.07, 6.45) is 2.30. The van der Waals surface area contributed by atoms with E-state index in [-0.39, 0.29) is 25.0 Å². The molecule has 1 fully saturated rings. The third-order valence-electron chi connectivity index (χ3n) is 5.47. The van der Waals surface area contributed by atoms with Crippen LogP contribution in [-0.2, 0) is 38.4 Å². The molecule has 0 bridgehead atoms. The quantitative estimate of drug-likeness (QED) is 0.689. The van der Waals surface area contributed by atoms with E-state index in [1.165, 1.54) is 11.3 Å². The van der Waals surface area contributed by atoms with E-state index in [0.29, 0.717) is 43.1 Å². The van der Waals surface area contributed by atoms with Gasteiger partial charge in [-0.1, -0.05) is 6.07 Å². The molecule has 0 aromatic carbocycles. The molecule has 4 rings (SSSR count). The van der Waals surface area contributed by atoms with Gasteiger partial charge in [-0.15, -0.1) is 11.3 Å². The van der Waals surface area contributed by atoms with Crippen molar-refractivity contribution in [2.24, 2.45) is 0 Å². The molecule has 1 saturated heterocycles.